The van der Waals surface area contributed by atoms with Crippen molar-refractivity contribution in [1.29, 1.82) is 0 Å². The molecule has 0 spiro atoms. The Bertz CT molecular complexity index is 925. The van der Waals surface area contributed by atoms with Gasteiger partial charge in [-0.25, -0.2) is 4.99 Å². The van der Waals surface area contributed by atoms with Crippen molar-refractivity contribution in [2.75, 3.05) is 0 Å². The molecule has 0 saturated heterocycles. The topological polar surface area (TPSA) is 41.5 Å². The highest BCUT2D eigenvalue weighted by Gasteiger charge is 2.47. The average molecular weight is 340 g/mol. The highest BCUT2D eigenvalue weighted by atomic mass is 16.2. The number of carbonyl (C=O) groups is 1. The van der Waals surface area contributed by atoms with Crippen LogP contribution in [0.25, 0.3) is 0 Å². The molecule has 0 atom stereocenters. The summed E-state index contributed by atoms with van der Waals surface area (Å²) in [5.41, 5.74) is 3.89. The first-order valence-electron chi connectivity index (χ1n) is 8.70. The maximum absolute atomic E-state index is 13.2. The van der Waals surface area contributed by atoms with E-state index in [1.807, 2.05) is 92.7 Å². The van der Waals surface area contributed by atoms with Crippen LogP contribution in [0.2, 0.25) is 0 Å². The van der Waals surface area contributed by atoms with Gasteiger partial charge in [0.05, 0.1) is 0 Å². The Balaban J connectivity index is 1.94. The lowest BCUT2D eigenvalue weighted by atomic mass is 9.82. The van der Waals surface area contributed by atoms with E-state index in [0.29, 0.717) is 5.84 Å². The summed E-state index contributed by atoms with van der Waals surface area (Å²) in [6.07, 6.45) is 0. The molecular weight excluding hydrogens is 320 g/mol. The minimum absolute atomic E-state index is 0.121. The molecule has 3 aromatic rings. The maximum Gasteiger partial charge on any atom is 0.262 e. The molecule has 1 heterocycles. The summed E-state index contributed by atoms with van der Waals surface area (Å²) in [4.78, 5) is 18.2. The molecule has 128 valence electrons. The van der Waals surface area contributed by atoms with Gasteiger partial charge in [0.15, 0.2) is 5.54 Å². The molecule has 0 aromatic heterocycles. The van der Waals surface area contributed by atoms with Crippen LogP contribution in [-0.2, 0) is 10.3 Å². The highest BCUT2D eigenvalue weighted by Crippen LogP contribution is 2.38. The van der Waals surface area contributed by atoms with E-state index >= 15 is 0 Å². The largest absolute Gasteiger partial charge is 0.308 e. The number of hydrogen-bond donors (Lipinski definition) is 1. The predicted molar refractivity (Wildman–Crippen MR) is 104 cm³/mol. The van der Waals surface area contributed by atoms with Crippen molar-refractivity contribution < 1.29 is 4.79 Å². The zero-order chi connectivity index (χ0) is 18.1. The van der Waals surface area contributed by atoms with Gasteiger partial charge >= 0.3 is 0 Å². The molecule has 3 aromatic carbocycles. The van der Waals surface area contributed by atoms with Crippen molar-refractivity contribution in [1.82, 2.24) is 5.32 Å². The lowest BCUT2D eigenvalue weighted by Crippen LogP contribution is -2.38. The summed E-state index contributed by atoms with van der Waals surface area (Å²) in [6.45, 7) is 4.07. The number of aliphatic imine (C=N–C) groups is 1. The van der Waals surface area contributed by atoms with Crippen LogP contribution in [0.1, 0.15) is 27.8 Å². The number of amides is 1. The van der Waals surface area contributed by atoms with Crippen LogP contribution in [0.3, 0.4) is 0 Å². The van der Waals surface area contributed by atoms with Crippen LogP contribution in [0.15, 0.2) is 83.9 Å². The molecule has 3 heteroatoms. The minimum atomic E-state index is -1.06. The Morgan fingerprint density at radius 2 is 1.23 bits per heavy atom. The van der Waals surface area contributed by atoms with E-state index in [-0.39, 0.29) is 5.91 Å². The zero-order valence-electron chi connectivity index (χ0n) is 14.9. The number of nitrogens with zero attached hydrogens (tertiary/aromatic N) is 1. The molecule has 1 aliphatic heterocycles. The fourth-order valence-corrected chi connectivity index (χ4v) is 3.32. The van der Waals surface area contributed by atoms with E-state index in [2.05, 4.69) is 5.32 Å². The quantitative estimate of drug-likeness (QED) is 0.765. The van der Waals surface area contributed by atoms with E-state index < -0.39 is 5.54 Å². The highest BCUT2D eigenvalue weighted by molar-refractivity contribution is 6.16. The van der Waals surface area contributed by atoms with E-state index in [9.17, 15) is 4.79 Å². The first kappa shape index (κ1) is 16.3. The van der Waals surface area contributed by atoms with Gasteiger partial charge < -0.3 is 5.32 Å². The smallest absolute Gasteiger partial charge is 0.262 e. The molecule has 1 N–H and O–H groups in total. The molecule has 4 rings (SSSR count). The molecule has 0 fully saturated rings. The molecule has 0 unspecified atom stereocenters. The van der Waals surface area contributed by atoms with Crippen LogP contribution in [0.5, 0.6) is 0 Å². The average Bonchev–Trinajstić information content (AvgIpc) is 3.02. The molecule has 26 heavy (non-hydrogen) atoms. The molecule has 0 aliphatic carbocycles. The monoisotopic (exact) mass is 340 g/mol. The SMILES string of the molecule is Cc1ccc(C2(c3ccc(C)cc3)N=C(c3ccccc3)NC2=O)cc1. The Morgan fingerprint density at radius 3 is 1.73 bits per heavy atom. The first-order valence-corrected chi connectivity index (χ1v) is 8.70. The summed E-state index contributed by atoms with van der Waals surface area (Å²) < 4.78 is 0. The van der Waals surface area contributed by atoms with Gasteiger partial charge in [0, 0.05) is 5.56 Å². The van der Waals surface area contributed by atoms with Crippen molar-refractivity contribution in [2.24, 2.45) is 4.99 Å². The van der Waals surface area contributed by atoms with Gasteiger partial charge in [-0.2, -0.15) is 0 Å². The van der Waals surface area contributed by atoms with E-state index in [1.165, 1.54) is 0 Å². The van der Waals surface area contributed by atoms with E-state index in [1.54, 1.807) is 0 Å². The van der Waals surface area contributed by atoms with Gasteiger partial charge in [-0.1, -0.05) is 90.0 Å². The van der Waals surface area contributed by atoms with Gasteiger partial charge in [-0.05, 0) is 25.0 Å². The lowest BCUT2D eigenvalue weighted by Gasteiger charge is -2.25. The third-order valence-electron chi connectivity index (χ3n) is 4.83. The normalized spacial score (nSPS) is 15.5. The maximum atomic E-state index is 13.2. The van der Waals surface area contributed by atoms with Crippen molar-refractivity contribution >= 4 is 11.7 Å². The standard InChI is InChI=1S/C23H20N2O/c1-16-8-12-19(13-9-16)23(20-14-10-17(2)11-15-20)22(26)24-21(25-23)18-6-4-3-5-7-18/h3-15H,1-2H3,(H,24,25,26). The zero-order valence-corrected chi connectivity index (χ0v) is 14.9. The van der Waals surface area contributed by atoms with Crippen LogP contribution in [-0.4, -0.2) is 11.7 Å². The first-order chi connectivity index (χ1) is 12.6. The number of benzene rings is 3. The molecule has 1 aliphatic rings. The van der Waals surface area contributed by atoms with Gasteiger partial charge in [-0.3, -0.25) is 4.79 Å². The summed E-state index contributed by atoms with van der Waals surface area (Å²) >= 11 is 0. The third kappa shape index (κ3) is 2.62. The van der Waals surface area contributed by atoms with E-state index in [0.717, 1.165) is 27.8 Å². The third-order valence-corrected chi connectivity index (χ3v) is 4.83. The predicted octanol–water partition coefficient (Wildman–Crippen LogP) is 4.12. The second-order valence-corrected chi connectivity index (χ2v) is 6.72. The van der Waals surface area contributed by atoms with E-state index in [4.69, 9.17) is 4.99 Å². The summed E-state index contributed by atoms with van der Waals surface area (Å²) in [5, 5.41) is 3.00. The van der Waals surface area contributed by atoms with Crippen LogP contribution < -0.4 is 5.32 Å². The Labute approximate surface area is 153 Å². The van der Waals surface area contributed by atoms with Crippen molar-refractivity contribution in [2.45, 2.75) is 19.4 Å². The number of hydrogen-bond acceptors (Lipinski definition) is 2. The molecule has 0 radical (unpaired) electrons. The van der Waals surface area contributed by atoms with Gasteiger partial charge in [0.1, 0.15) is 5.84 Å². The Kier molecular flexibility index (Phi) is 3.92. The fraction of sp³-hybridized carbons (Fsp3) is 0.130. The second kappa shape index (κ2) is 6.26. The number of aryl methyl sites for hydroxylation is 2. The Morgan fingerprint density at radius 1 is 0.731 bits per heavy atom. The van der Waals surface area contributed by atoms with Crippen molar-refractivity contribution in [3.63, 3.8) is 0 Å². The van der Waals surface area contributed by atoms with Gasteiger partial charge in [-0.15, -0.1) is 0 Å². The second-order valence-electron chi connectivity index (χ2n) is 6.72. The minimum Gasteiger partial charge on any atom is -0.308 e. The van der Waals surface area contributed by atoms with Crippen LogP contribution in [0, 0.1) is 13.8 Å². The number of amidine groups is 1. The molecule has 0 bridgehead atoms. The fourth-order valence-electron chi connectivity index (χ4n) is 3.32. The number of rotatable bonds is 3. The summed E-state index contributed by atoms with van der Waals surface area (Å²) in [5.74, 6) is 0.487. The van der Waals surface area contributed by atoms with Crippen molar-refractivity contribution in [3.05, 3.63) is 107 Å². The number of carbonyl (C=O) groups excluding carboxylic acids is 1. The summed E-state index contributed by atoms with van der Waals surface area (Å²) in [7, 11) is 0. The van der Waals surface area contributed by atoms with Crippen LogP contribution in [0.4, 0.5) is 0 Å². The van der Waals surface area contributed by atoms with Crippen molar-refractivity contribution in [3.8, 4) is 0 Å². The molecule has 0 saturated carbocycles. The molecular formula is C23H20N2O. The number of nitrogens with one attached hydrogen (secondary N) is 1. The van der Waals surface area contributed by atoms with Crippen LogP contribution >= 0.6 is 0 Å². The summed E-state index contributed by atoms with van der Waals surface area (Å²) in [6, 6.07) is 25.8. The van der Waals surface area contributed by atoms with Gasteiger partial charge in [0.2, 0.25) is 0 Å². The Hall–Kier alpha value is -3.20. The lowest BCUT2D eigenvalue weighted by molar-refractivity contribution is -0.122. The van der Waals surface area contributed by atoms with Gasteiger partial charge in [0.25, 0.3) is 5.91 Å². The molecule has 1 amide bonds. The molecule has 3 nitrogen and oxygen atoms in total.